The van der Waals surface area contributed by atoms with Gasteiger partial charge in [0.15, 0.2) is 0 Å². The highest BCUT2D eigenvalue weighted by Gasteiger charge is 2.19. The number of imidazole rings is 1. The van der Waals surface area contributed by atoms with Crippen LogP contribution in [0.1, 0.15) is 11.3 Å². The SMILES string of the molecule is CN1Cc2cncn2CC(COCc2ccncc2)C1. The van der Waals surface area contributed by atoms with Crippen molar-refractivity contribution in [3.8, 4) is 0 Å². The van der Waals surface area contributed by atoms with Crippen LogP contribution in [0.4, 0.5) is 0 Å². The predicted octanol–water partition coefficient (Wildman–Crippen LogP) is 1.56. The van der Waals surface area contributed by atoms with Gasteiger partial charge in [-0.25, -0.2) is 4.98 Å². The highest BCUT2D eigenvalue weighted by molar-refractivity contribution is 5.07. The monoisotopic (exact) mass is 272 g/mol. The van der Waals surface area contributed by atoms with Crippen molar-refractivity contribution in [3.05, 3.63) is 48.3 Å². The summed E-state index contributed by atoms with van der Waals surface area (Å²) in [6.45, 7) is 4.42. The summed E-state index contributed by atoms with van der Waals surface area (Å²) in [4.78, 5) is 10.6. The molecule has 1 aliphatic heterocycles. The Morgan fingerprint density at radius 2 is 2.10 bits per heavy atom. The second-order valence-electron chi connectivity index (χ2n) is 5.47. The molecular formula is C15H20N4O. The van der Waals surface area contributed by atoms with Crippen molar-refractivity contribution in [3.63, 3.8) is 0 Å². The smallest absolute Gasteiger partial charge is 0.0948 e. The average Bonchev–Trinajstić information content (AvgIpc) is 2.80. The van der Waals surface area contributed by atoms with E-state index in [2.05, 4.69) is 26.5 Å². The van der Waals surface area contributed by atoms with Crippen molar-refractivity contribution < 1.29 is 4.74 Å². The minimum atomic E-state index is 0.497. The Kier molecular flexibility index (Phi) is 4.08. The van der Waals surface area contributed by atoms with Crippen LogP contribution in [-0.2, 0) is 24.4 Å². The number of rotatable bonds is 4. The lowest BCUT2D eigenvalue weighted by molar-refractivity contribution is 0.0714. The molecule has 1 unspecified atom stereocenters. The Balaban J connectivity index is 1.55. The highest BCUT2D eigenvalue weighted by Crippen LogP contribution is 2.15. The van der Waals surface area contributed by atoms with Crippen LogP contribution in [-0.4, -0.2) is 39.6 Å². The summed E-state index contributed by atoms with van der Waals surface area (Å²) in [5, 5.41) is 0. The maximum Gasteiger partial charge on any atom is 0.0948 e. The number of aromatic nitrogens is 3. The van der Waals surface area contributed by atoms with Crippen LogP contribution < -0.4 is 0 Å². The van der Waals surface area contributed by atoms with Crippen molar-refractivity contribution in [2.75, 3.05) is 20.2 Å². The lowest BCUT2D eigenvalue weighted by Crippen LogP contribution is -2.27. The quantitative estimate of drug-likeness (QED) is 0.847. The molecule has 1 atom stereocenters. The van der Waals surface area contributed by atoms with E-state index in [1.54, 1.807) is 12.4 Å². The molecule has 0 saturated carbocycles. The first-order chi connectivity index (χ1) is 9.81. The van der Waals surface area contributed by atoms with Crippen LogP contribution in [0.3, 0.4) is 0 Å². The molecule has 5 nitrogen and oxygen atoms in total. The van der Waals surface area contributed by atoms with Crippen LogP contribution in [0.15, 0.2) is 37.1 Å². The molecule has 5 heteroatoms. The number of fused-ring (bicyclic) bond motifs is 1. The second kappa shape index (κ2) is 6.15. The first kappa shape index (κ1) is 13.3. The van der Waals surface area contributed by atoms with Gasteiger partial charge < -0.3 is 14.2 Å². The summed E-state index contributed by atoms with van der Waals surface area (Å²) in [5.41, 5.74) is 2.45. The Morgan fingerprint density at radius 1 is 1.25 bits per heavy atom. The Morgan fingerprint density at radius 3 is 2.95 bits per heavy atom. The fraction of sp³-hybridized carbons (Fsp3) is 0.467. The number of ether oxygens (including phenoxy) is 1. The maximum atomic E-state index is 5.87. The minimum Gasteiger partial charge on any atom is -0.376 e. The molecule has 106 valence electrons. The topological polar surface area (TPSA) is 43.2 Å². The van der Waals surface area contributed by atoms with Crippen LogP contribution in [0.5, 0.6) is 0 Å². The second-order valence-corrected chi connectivity index (χ2v) is 5.47. The van der Waals surface area contributed by atoms with Crippen molar-refractivity contribution >= 4 is 0 Å². The lowest BCUT2D eigenvalue weighted by atomic mass is 10.1. The summed E-state index contributed by atoms with van der Waals surface area (Å²) < 4.78 is 8.11. The third kappa shape index (κ3) is 3.23. The number of hydrogen-bond donors (Lipinski definition) is 0. The van der Waals surface area contributed by atoms with E-state index in [-0.39, 0.29) is 0 Å². The van der Waals surface area contributed by atoms with Gasteiger partial charge in [0.2, 0.25) is 0 Å². The fourth-order valence-corrected chi connectivity index (χ4v) is 2.69. The molecule has 3 heterocycles. The Labute approximate surface area is 119 Å². The zero-order valence-electron chi connectivity index (χ0n) is 11.8. The van der Waals surface area contributed by atoms with Crippen LogP contribution in [0, 0.1) is 5.92 Å². The standard InChI is InChI=1S/C15H20N4O/c1-18-7-14(8-19-12-17-6-15(19)9-18)11-20-10-13-2-4-16-5-3-13/h2-6,12,14H,7-11H2,1H3. The summed E-state index contributed by atoms with van der Waals surface area (Å²) in [6.07, 6.45) is 7.48. The normalized spacial score (nSPS) is 19.6. The molecule has 0 aromatic carbocycles. The molecule has 1 aliphatic rings. The molecule has 0 N–H and O–H groups in total. The molecule has 0 bridgehead atoms. The average molecular weight is 272 g/mol. The van der Waals surface area contributed by atoms with Crippen LogP contribution in [0.25, 0.3) is 0 Å². The van der Waals surface area contributed by atoms with Gasteiger partial charge in [0, 0.05) is 44.1 Å². The third-order valence-corrected chi connectivity index (χ3v) is 3.63. The van der Waals surface area contributed by atoms with Gasteiger partial charge in [-0.1, -0.05) is 0 Å². The summed E-state index contributed by atoms with van der Waals surface area (Å²) >= 11 is 0. The van der Waals surface area contributed by atoms with E-state index in [1.807, 2.05) is 24.7 Å². The Hall–Kier alpha value is -1.72. The van der Waals surface area contributed by atoms with Gasteiger partial charge >= 0.3 is 0 Å². The molecular weight excluding hydrogens is 252 g/mol. The first-order valence-electron chi connectivity index (χ1n) is 6.95. The zero-order chi connectivity index (χ0) is 13.8. The Bertz CT molecular complexity index is 540. The van der Waals surface area contributed by atoms with E-state index in [4.69, 9.17) is 4.74 Å². The molecule has 2 aromatic heterocycles. The molecule has 0 fully saturated rings. The van der Waals surface area contributed by atoms with Crippen LogP contribution >= 0.6 is 0 Å². The first-order valence-corrected chi connectivity index (χ1v) is 6.95. The van der Waals surface area contributed by atoms with Gasteiger partial charge in [-0.2, -0.15) is 0 Å². The van der Waals surface area contributed by atoms with E-state index in [9.17, 15) is 0 Å². The van der Waals surface area contributed by atoms with Gasteiger partial charge in [-0.15, -0.1) is 0 Å². The summed E-state index contributed by atoms with van der Waals surface area (Å²) in [7, 11) is 2.15. The molecule has 0 radical (unpaired) electrons. The molecule has 0 saturated heterocycles. The van der Waals surface area contributed by atoms with E-state index in [0.717, 1.165) is 26.2 Å². The largest absolute Gasteiger partial charge is 0.376 e. The van der Waals surface area contributed by atoms with Gasteiger partial charge in [0.25, 0.3) is 0 Å². The molecule has 0 aliphatic carbocycles. The van der Waals surface area contributed by atoms with Gasteiger partial charge in [0.1, 0.15) is 0 Å². The van der Waals surface area contributed by atoms with Crippen molar-refractivity contribution in [2.24, 2.45) is 5.92 Å². The van der Waals surface area contributed by atoms with Gasteiger partial charge in [-0.05, 0) is 24.7 Å². The van der Waals surface area contributed by atoms with Gasteiger partial charge in [0.05, 0.1) is 25.2 Å². The molecule has 20 heavy (non-hydrogen) atoms. The number of nitrogens with zero attached hydrogens (tertiary/aromatic N) is 4. The molecule has 3 rings (SSSR count). The fourth-order valence-electron chi connectivity index (χ4n) is 2.69. The molecule has 0 spiro atoms. The maximum absolute atomic E-state index is 5.87. The lowest BCUT2D eigenvalue weighted by Gasteiger charge is -2.19. The molecule has 2 aromatic rings. The third-order valence-electron chi connectivity index (χ3n) is 3.63. The molecule has 0 amide bonds. The van der Waals surface area contributed by atoms with Crippen molar-refractivity contribution in [1.29, 1.82) is 0 Å². The van der Waals surface area contributed by atoms with E-state index >= 15 is 0 Å². The van der Waals surface area contributed by atoms with E-state index in [0.29, 0.717) is 12.5 Å². The number of pyridine rings is 1. The number of hydrogen-bond acceptors (Lipinski definition) is 4. The van der Waals surface area contributed by atoms with E-state index < -0.39 is 0 Å². The highest BCUT2D eigenvalue weighted by atomic mass is 16.5. The minimum absolute atomic E-state index is 0.497. The zero-order valence-corrected chi connectivity index (χ0v) is 11.8. The summed E-state index contributed by atoms with van der Waals surface area (Å²) in [6, 6.07) is 3.99. The van der Waals surface area contributed by atoms with Crippen molar-refractivity contribution in [1.82, 2.24) is 19.4 Å². The summed E-state index contributed by atoms with van der Waals surface area (Å²) in [5.74, 6) is 0.497. The predicted molar refractivity (Wildman–Crippen MR) is 75.9 cm³/mol. The van der Waals surface area contributed by atoms with E-state index in [1.165, 1.54) is 11.3 Å². The van der Waals surface area contributed by atoms with Gasteiger partial charge in [-0.3, -0.25) is 4.98 Å². The van der Waals surface area contributed by atoms with Crippen molar-refractivity contribution in [2.45, 2.75) is 19.7 Å². The van der Waals surface area contributed by atoms with Crippen LogP contribution in [0.2, 0.25) is 0 Å².